The van der Waals surface area contributed by atoms with Crippen molar-refractivity contribution in [2.75, 3.05) is 46.4 Å². The monoisotopic (exact) mass is 281 g/mol. The molecule has 3 heterocycles. The molecule has 1 aromatic heterocycles. The highest BCUT2D eigenvalue weighted by atomic mass is 32.1. The smallest absolute Gasteiger partial charge is 0.134 e. The third-order valence-electron chi connectivity index (χ3n) is 4.21. The summed E-state index contributed by atoms with van der Waals surface area (Å²) >= 11 is 1.81. The molecule has 1 atom stereocenters. The van der Waals surface area contributed by atoms with Gasteiger partial charge in [0.15, 0.2) is 0 Å². The van der Waals surface area contributed by atoms with Crippen LogP contribution in [0, 0.1) is 0 Å². The topological polar surface area (TPSA) is 27.7 Å². The van der Waals surface area contributed by atoms with Gasteiger partial charge in [-0.1, -0.05) is 0 Å². The molecule has 2 aliphatic heterocycles. The van der Waals surface area contributed by atoms with Crippen LogP contribution in [0.5, 0.6) is 5.75 Å². The molecular weight excluding hydrogens is 258 g/mol. The van der Waals surface area contributed by atoms with Crippen LogP contribution in [0.25, 0.3) is 0 Å². The summed E-state index contributed by atoms with van der Waals surface area (Å²) in [6, 6.07) is 2.83. The van der Waals surface area contributed by atoms with Crippen molar-refractivity contribution in [3.8, 4) is 5.75 Å². The number of hydrogen-bond acceptors (Lipinski definition) is 5. The Morgan fingerprint density at radius 1 is 1.37 bits per heavy atom. The van der Waals surface area contributed by atoms with Gasteiger partial charge < -0.3 is 10.1 Å². The zero-order valence-corrected chi connectivity index (χ0v) is 12.4. The van der Waals surface area contributed by atoms with Crippen LogP contribution in [0.1, 0.15) is 11.3 Å². The van der Waals surface area contributed by atoms with E-state index in [4.69, 9.17) is 4.74 Å². The maximum absolute atomic E-state index is 5.40. The second-order valence-electron chi connectivity index (χ2n) is 5.38. The molecular formula is C14H23N3OS. The lowest BCUT2D eigenvalue weighted by atomic mass is 10.2. The van der Waals surface area contributed by atoms with Crippen LogP contribution in [-0.2, 0) is 6.54 Å². The third-order valence-corrected chi connectivity index (χ3v) is 5.09. The van der Waals surface area contributed by atoms with Gasteiger partial charge in [-0.05, 0) is 17.9 Å². The summed E-state index contributed by atoms with van der Waals surface area (Å²) in [7, 11) is 1.76. The van der Waals surface area contributed by atoms with Crippen LogP contribution in [0.3, 0.4) is 0 Å². The lowest BCUT2D eigenvalue weighted by molar-refractivity contribution is 0.170. The Balaban J connectivity index is 1.54. The van der Waals surface area contributed by atoms with Crippen molar-refractivity contribution in [1.82, 2.24) is 15.1 Å². The largest absolute Gasteiger partial charge is 0.496 e. The van der Waals surface area contributed by atoms with E-state index in [2.05, 4.69) is 26.6 Å². The molecule has 2 fully saturated rings. The van der Waals surface area contributed by atoms with Gasteiger partial charge >= 0.3 is 0 Å². The number of thiophene rings is 1. The summed E-state index contributed by atoms with van der Waals surface area (Å²) in [6.45, 7) is 8.19. The Kier molecular flexibility index (Phi) is 4.38. The van der Waals surface area contributed by atoms with Gasteiger partial charge in [-0.25, -0.2) is 0 Å². The molecule has 106 valence electrons. The van der Waals surface area contributed by atoms with Crippen LogP contribution < -0.4 is 10.1 Å². The van der Waals surface area contributed by atoms with E-state index in [1.807, 2.05) is 11.3 Å². The second kappa shape index (κ2) is 6.22. The van der Waals surface area contributed by atoms with Crippen LogP contribution in [-0.4, -0.2) is 62.2 Å². The second-order valence-corrected chi connectivity index (χ2v) is 6.38. The molecule has 0 aliphatic carbocycles. The maximum Gasteiger partial charge on any atom is 0.134 e. The maximum atomic E-state index is 5.40. The number of ether oxygens (including phenoxy) is 1. The van der Waals surface area contributed by atoms with Crippen molar-refractivity contribution >= 4 is 11.3 Å². The van der Waals surface area contributed by atoms with Crippen molar-refractivity contribution in [3.05, 3.63) is 16.3 Å². The quantitative estimate of drug-likeness (QED) is 0.898. The first-order valence-electron chi connectivity index (χ1n) is 7.14. The fourth-order valence-corrected chi connectivity index (χ4v) is 4.01. The number of methoxy groups -OCH3 is 1. The van der Waals surface area contributed by atoms with E-state index >= 15 is 0 Å². The van der Waals surface area contributed by atoms with Gasteiger partial charge in [0.1, 0.15) is 5.75 Å². The molecule has 1 N–H and O–H groups in total. The van der Waals surface area contributed by atoms with Crippen molar-refractivity contribution in [2.45, 2.75) is 19.0 Å². The summed E-state index contributed by atoms with van der Waals surface area (Å²) in [6.07, 6.45) is 1.31. The van der Waals surface area contributed by atoms with Crippen molar-refractivity contribution < 1.29 is 4.74 Å². The van der Waals surface area contributed by atoms with E-state index in [0.29, 0.717) is 0 Å². The molecule has 4 nitrogen and oxygen atoms in total. The zero-order valence-electron chi connectivity index (χ0n) is 11.6. The van der Waals surface area contributed by atoms with Gasteiger partial charge in [-0.15, -0.1) is 11.3 Å². The van der Waals surface area contributed by atoms with Gasteiger partial charge in [-0.2, -0.15) is 0 Å². The number of nitrogens with zero attached hydrogens (tertiary/aromatic N) is 2. The molecule has 5 heteroatoms. The van der Waals surface area contributed by atoms with Crippen LogP contribution in [0.2, 0.25) is 0 Å². The van der Waals surface area contributed by atoms with E-state index in [9.17, 15) is 0 Å². The Morgan fingerprint density at radius 2 is 2.21 bits per heavy atom. The summed E-state index contributed by atoms with van der Waals surface area (Å²) in [5.74, 6) is 1.05. The Labute approximate surface area is 119 Å². The highest BCUT2D eigenvalue weighted by molar-refractivity contribution is 7.10. The van der Waals surface area contributed by atoms with Crippen molar-refractivity contribution in [3.63, 3.8) is 0 Å². The average Bonchev–Trinajstić information content (AvgIpc) is 3.09. The summed E-state index contributed by atoms with van der Waals surface area (Å²) in [5.41, 5.74) is 0. The van der Waals surface area contributed by atoms with Gasteiger partial charge in [0.05, 0.1) is 12.0 Å². The van der Waals surface area contributed by atoms with Gasteiger partial charge in [-0.3, -0.25) is 9.80 Å². The van der Waals surface area contributed by atoms with Crippen molar-refractivity contribution in [2.24, 2.45) is 0 Å². The van der Waals surface area contributed by atoms with E-state index < -0.39 is 0 Å². The molecule has 2 saturated heterocycles. The molecule has 0 spiro atoms. The Bertz CT molecular complexity index is 403. The fraction of sp³-hybridized carbons (Fsp3) is 0.714. The van der Waals surface area contributed by atoms with Crippen LogP contribution in [0.4, 0.5) is 0 Å². The molecule has 19 heavy (non-hydrogen) atoms. The number of likely N-dealkylation sites (tertiary alicyclic amines) is 1. The normalized spacial score (nSPS) is 25.8. The first-order chi connectivity index (χ1) is 9.36. The molecule has 0 bridgehead atoms. The first kappa shape index (κ1) is 13.4. The Morgan fingerprint density at radius 3 is 3.00 bits per heavy atom. The SMILES string of the molecule is COc1ccsc1CN1CCC(N2CCNCC2)C1. The summed E-state index contributed by atoms with van der Waals surface area (Å²) in [5, 5.41) is 5.55. The van der Waals surface area contributed by atoms with Gasteiger partial charge in [0.2, 0.25) is 0 Å². The first-order valence-corrected chi connectivity index (χ1v) is 8.02. The third kappa shape index (κ3) is 3.11. The minimum absolute atomic E-state index is 0.757. The van der Waals surface area contributed by atoms with E-state index in [-0.39, 0.29) is 0 Å². The van der Waals surface area contributed by atoms with Gasteiger partial charge in [0, 0.05) is 51.9 Å². The van der Waals surface area contributed by atoms with E-state index in [1.54, 1.807) is 7.11 Å². The van der Waals surface area contributed by atoms with Gasteiger partial charge in [0.25, 0.3) is 0 Å². The standard InChI is InChI=1S/C14H23N3OS/c1-18-13-3-9-19-14(13)11-16-6-2-12(10-16)17-7-4-15-5-8-17/h3,9,12,15H,2,4-8,10-11H2,1H3. The summed E-state index contributed by atoms with van der Waals surface area (Å²) in [4.78, 5) is 6.59. The molecule has 0 radical (unpaired) electrons. The van der Waals surface area contributed by atoms with Crippen LogP contribution >= 0.6 is 11.3 Å². The minimum atomic E-state index is 0.757. The fourth-order valence-electron chi connectivity index (χ4n) is 3.13. The lowest BCUT2D eigenvalue weighted by Gasteiger charge is -2.32. The average molecular weight is 281 g/mol. The number of hydrogen-bond donors (Lipinski definition) is 1. The highest BCUT2D eigenvalue weighted by Gasteiger charge is 2.28. The van der Waals surface area contributed by atoms with E-state index in [0.717, 1.165) is 31.4 Å². The molecule has 0 aromatic carbocycles. The molecule has 2 aliphatic rings. The number of piperazine rings is 1. The number of nitrogens with one attached hydrogen (secondary N) is 1. The lowest BCUT2D eigenvalue weighted by Crippen LogP contribution is -2.49. The minimum Gasteiger partial charge on any atom is -0.496 e. The molecule has 0 saturated carbocycles. The highest BCUT2D eigenvalue weighted by Crippen LogP contribution is 2.28. The zero-order chi connectivity index (χ0) is 13.1. The predicted octanol–water partition coefficient (Wildman–Crippen LogP) is 1.24. The van der Waals surface area contributed by atoms with Crippen LogP contribution in [0.15, 0.2) is 11.4 Å². The summed E-state index contributed by atoms with van der Waals surface area (Å²) < 4.78 is 5.40. The molecule has 1 unspecified atom stereocenters. The molecule has 1 aromatic rings. The molecule has 0 amide bonds. The van der Waals surface area contributed by atoms with Crippen molar-refractivity contribution in [1.29, 1.82) is 0 Å². The number of rotatable bonds is 4. The van der Waals surface area contributed by atoms with E-state index in [1.165, 1.54) is 37.5 Å². The molecule has 3 rings (SSSR count). The Hall–Kier alpha value is -0.620. The predicted molar refractivity (Wildman–Crippen MR) is 79.0 cm³/mol.